The van der Waals surface area contributed by atoms with Crippen molar-refractivity contribution in [2.45, 2.75) is 24.6 Å². The Labute approximate surface area is 104 Å². The van der Waals surface area contributed by atoms with Crippen LogP contribution in [-0.4, -0.2) is 47.1 Å². The number of hydrogen-bond acceptors (Lipinski definition) is 5. The first-order valence-electron chi connectivity index (χ1n) is 4.94. The van der Waals surface area contributed by atoms with Gasteiger partial charge >= 0.3 is 5.97 Å². The minimum absolute atomic E-state index is 0.0556. The molecule has 0 aliphatic heterocycles. The van der Waals surface area contributed by atoms with E-state index in [1.54, 1.807) is 6.26 Å². The molecule has 0 aromatic rings. The van der Waals surface area contributed by atoms with Gasteiger partial charge in [-0.1, -0.05) is 0 Å². The summed E-state index contributed by atoms with van der Waals surface area (Å²) < 4.78 is 0. The maximum absolute atomic E-state index is 11.3. The molecule has 0 aliphatic rings. The van der Waals surface area contributed by atoms with Crippen molar-refractivity contribution < 1.29 is 19.5 Å². The SMILES string of the molecule is CS[C@@H](CC(=O)NCNC(=O)[C@H](C)N)C(=O)O. The second-order valence-electron chi connectivity index (χ2n) is 3.37. The van der Waals surface area contributed by atoms with E-state index >= 15 is 0 Å². The van der Waals surface area contributed by atoms with Crippen LogP contribution in [0.1, 0.15) is 13.3 Å². The molecule has 0 fully saturated rings. The fourth-order valence-corrected chi connectivity index (χ4v) is 1.42. The predicted octanol–water partition coefficient (Wildman–Crippen LogP) is -1.27. The van der Waals surface area contributed by atoms with E-state index < -0.39 is 23.2 Å². The van der Waals surface area contributed by atoms with Crippen LogP contribution in [-0.2, 0) is 14.4 Å². The van der Waals surface area contributed by atoms with Crippen molar-refractivity contribution in [1.82, 2.24) is 10.6 Å². The Morgan fingerprint density at radius 1 is 1.35 bits per heavy atom. The molecule has 0 aliphatic carbocycles. The fourth-order valence-electron chi connectivity index (χ4n) is 0.903. The van der Waals surface area contributed by atoms with Crippen molar-refractivity contribution in [1.29, 1.82) is 0 Å². The molecule has 0 rings (SSSR count). The average Bonchev–Trinajstić information content (AvgIpc) is 2.25. The van der Waals surface area contributed by atoms with Crippen molar-refractivity contribution >= 4 is 29.5 Å². The topological polar surface area (TPSA) is 122 Å². The van der Waals surface area contributed by atoms with Crippen LogP contribution in [0.4, 0.5) is 0 Å². The molecule has 0 bridgehead atoms. The molecule has 0 aromatic heterocycles. The zero-order valence-electron chi connectivity index (χ0n) is 9.73. The first-order chi connectivity index (χ1) is 7.88. The normalized spacial score (nSPS) is 13.6. The fraction of sp³-hybridized carbons (Fsp3) is 0.667. The highest BCUT2D eigenvalue weighted by atomic mass is 32.2. The summed E-state index contributed by atoms with van der Waals surface area (Å²) in [5, 5.41) is 12.7. The van der Waals surface area contributed by atoms with E-state index in [1.807, 2.05) is 0 Å². The van der Waals surface area contributed by atoms with Gasteiger partial charge in [0.2, 0.25) is 11.8 Å². The molecule has 17 heavy (non-hydrogen) atoms. The number of rotatable bonds is 7. The van der Waals surface area contributed by atoms with Crippen LogP contribution in [0, 0.1) is 0 Å². The van der Waals surface area contributed by atoms with Crippen LogP contribution >= 0.6 is 11.8 Å². The number of carboxylic acids is 1. The van der Waals surface area contributed by atoms with E-state index in [4.69, 9.17) is 10.8 Å². The monoisotopic (exact) mass is 263 g/mol. The largest absolute Gasteiger partial charge is 0.480 e. The van der Waals surface area contributed by atoms with E-state index in [0.717, 1.165) is 11.8 Å². The molecule has 0 saturated heterocycles. The van der Waals surface area contributed by atoms with Gasteiger partial charge < -0.3 is 21.5 Å². The standard InChI is InChI=1S/C9H17N3O4S/c1-5(10)8(14)12-4-11-7(13)3-6(17-2)9(15)16/h5-6H,3-4,10H2,1-2H3,(H,11,13)(H,12,14)(H,15,16)/t5-,6-/m0/s1. The lowest BCUT2D eigenvalue weighted by molar-refractivity contribution is -0.138. The summed E-state index contributed by atoms with van der Waals surface area (Å²) in [6.07, 6.45) is 1.48. The molecule has 0 aromatic carbocycles. The molecule has 0 saturated carbocycles. The Hall–Kier alpha value is -1.28. The molecular formula is C9H17N3O4S. The highest BCUT2D eigenvalue weighted by Gasteiger charge is 2.19. The molecule has 98 valence electrons. The van der Waals surface area contributed by atoms with E-state index in [1.165, 1.54) is 6.92 Å². The molecule has 2 amide bonds. The summed E-state index contributed by atoms with van der Waals surface area (Å²) >= 11 is 1.08. The third-order valence-corrected chi connectivity index (χ3v) is 2.83. The van der Waals surface area contributed by atoms with Gasteiger partial charge in [0.25, 0.3) is 0 Å². The van der Waals surface area contributed by atoms with E-state index in [9.17, 15) is 14.4 Å². The van der Waals surface area contributed by atoms with Gasteiger partial charge in [0.05, 0.1) is 12.7 Å². The number of thioether (sulfide) groups is 1. The molecule has 5 N–H and O–H groups in total. The lowest BCUT2D eigenvalue weighted by atomic mass is 10.3. The summed E-state index contributed by atoms with van der Waals surface area (Å²) in [7, 11) is 0. The number of carbonyl (C=O) groups is 3. The Kier molecular flexibility index (Phi) is 7.31. The summed E-state index contributed by atoms with van der Waals surface area (Å²) in [4.78, 5) is 33.0. The predicted molar refractivity (Wildman–Crippen MR) is 64.4 cm³/mol. The minimum Gasteiger partial charge on any atom is -0.480 e. The summed E-state index contributed by atoms with van der Waals surface area (Å²) in [5.41, 5.74) is 5.29. The third-order valence-electron chi connectivity index (χ3n) is 1.89. The number of carbonyl (C=O) groups excluding carboxylic acids is 2. The molecule has 0 spiro atoms. The number of carboxylic acid groups (broad SMARTS) is 1. The van der Waals surface area contributed by atoms with Crippen LogP contribution in [0.3, 0.4) is 0 Å². The van der Waals surface area contributed by atoms with Crippen LogP contribution in [0.15, 0.2) is 0 Å². The Morgan fingerprint density at radius 3 is 2.35 bits per heavy atom. The van der Waals surface area contributed by atoms with Gasteiger partial charge in [0, 0.05) is 6.42 Å². The van der Waals surface area contributed by atoms with E-state index in [2.05, 4.69) is 10.6 Å². The Balaban J connectivity index is 3.87. The molecule has 0 unspecified atom stereocenters. The Bertz CT molecular complexity index is 296. The smallest absolute Gasteiger partial charge is 0.317 e. The molecule has 0 radical (unpaired) electrons. The zero-order chi connectivity index (χ0) is 13.4. The van der Waals surface area contributed by atoms with Gasteiger partial charge in [0.15, 0.2) is 0 Å². The first-order valence-corrected chi connectivity index (χ1v) is 6.22. The van der Waals surface area contributed by atoms with Crippen LogP contribution in [0.5, 0.6) is 0 Å². The molecule has 8 heteroatoms. The number of nitrogens with two attached hydrogens (primary N) is 1. The molecular weight excluding hydrogens is 246 g/mol. The second kappa shape index (κ2) is 7.91. The quantitative estimate of drug-likeness (QED) is 0.425. The molecule has 2 atom stereocenters. The average molecular weight is 263 g/mol. The van der Waals surface area contributed by atoms with Gasteiger partial charge in [-0.15, -0.1) is 11.8 Å². The highest BCUT2D eigenvalue weighted by molar-refractivity contribution is 7.99. The van der Waals surface area contributed by atoms with Crippen LogP contribution < -0.4 is 16.4 Å². The summed E-state index contributed by atoms with van der Waals surface area (Å²) in [6, 6.07) is -0.648. The van der Waals surface area contributed by atoms with Crippen molar-refractivity contribution in [3.63, 3.8) is 0 Å². The molecule has 7 nitrogen and oxygen atoms in total. The molecule has 0 heterocycles. The summed E-state index contributed by atoms with van der Waals surface area (Å²) in [6.45, 7) is 1.46. The van der Waals surface area contributed by atoms with Gasteiger partial charge in [0.1, 0.15) is 5.25 Å². The summed E-state index contributed by atoms with van der Waals surface area (Å²) in [5.74, 6) is -1.85. The second-order valence-corrected chi connectivity index (χ2v) is 4.41. The zero-order valence-corrected chi connectivity index (χ0v) is 10.5. The maximum Gasteiger partial charge on any atom is 0.317 e. The van der Waals surface area contributed by atoms with Gasteiger partial charge in [-0.25, -0.2) is 0 Å². The highest BCUT2D eigenvalue weighted by Crippen LogP contribution is 2.10. The third kappa shape index (κ3) is 6.80. The lowest BCUT2D eigenvalue weighted by Gasteiger charge is -2.11. The van der Waals surface area contributed by atoms with Crippen LogP contribution in [0.2, 0.25) is 0 Å². The number of nitrogens with one attached hydrogen (secondary N) is 2. The lowest BCUT2D eigenvalue weighted by Crippen LogP contribution is -2.44. The van der Waals surface area contributed by atoms with E-state index in [0.29, 0.717) is 0 Å². The maximum atomic E-state index is 11.3. The van der Waals surface area contributed by atoms with Gasteiger partial charge in [-0.2, -0.15) is 0 Å². The van der Waals surface area contributed by atoms with Gasteiger partial charge in [-0.05, 0) is 13.2 Å². The number of hydrogen-bond donors (Lipinski definition) is 4. The number of amides is 2. The van der Waals surface area contributed by atoms with Crippen LogP contribution in [0.25, 0.3) is 0 Å². The van der Waals surface area contributed by atoms with Crippen molar-refractivity contribution in [2.24, 2.45) is 5.73 Å². The van der Waals surface area contributed by atoms with Gasteiger partial charge in [-0.3, -0.25) is 14.4 Å². The number of aliphatic carboxylic acids is 1. The van der Waals surface area contributed by atoms with Crippen molar-refractivity contribution in [3.8, 4) is 0 Å². The minimum atomic E-state index is -1.03. The first kappa shape index (κ1) is 15.7. The van der Waals surface area contributed by atoms with Crippen molar-refractivity contribution in [3.05, 3.63) is 0 Å². The van der Waals surface area contributed by atoms with E-state index in [-0.39, 0.29) is 19.0 Å². The Morgan fingerprint density at radius 2 is 1.94 bits per heavy atom. The van der Waals surface area contributed by atoms with Crippen molar-refractivity contribution in [2.75, 3.05) is 12.9 Å².